The molecule has 0 heterocycles. The number of fused-ring (bicyclic) bond motifs is 1. The fraction of sp³-hybridized carbons (Fsp3) is 0.294. The molecular formula is C17H16N2O. The zero-order valence-corrected chi connectivity index (χ0v) is 11.2. The van der Waals surface area contributed by atoms with E-state index in [1.165, 1.54) is 0 Å². The number of hydrogen-bond donors (Lipinski definition) is 1. The van der Waals surface area contributed by atoms with E-state index in [1.54, 1.807) is 0 Å². The van der Waals surface area contributed by atoms with Crippen molar-refractivity contribution in [1.82, 2.24) is 5.32 Å². The first-order chi connectivity index (χ1) is 9.78. The third-order valence-electron chi connectivity index (χ3n) is 4.01. The van der Waals surface area contributed by atoms with Gasteiger partial charge in [0.2, 0.25) is 0 Å². The molecule has 100 valence electrons. The average Bonchev–Trinajstić information content (AvgIpc) is 2.94. The lowest BCUT2D eigenvalue weighted by Gasteiger charge is -2.15. The van der Waals surface area contributed by atoms with Crippen molar-refractivity contribution in [1.29, 1.82) is 5.26 Å². The summed E-state index contributed by atoms with van der Waals surface area (Å²) < 4.78 is 0. The van der Waals surface area contributed by atoms with Gasteiger partial charge in [-0.15, -0.1) is 0 Å². The number of benzene rings is 2. The lowest BCUT2D eigenvalue weighted by molar-refractivity contribution is 0.0933. The van der Waals surface area contributed by atoms with Crippen molar-refractivity contribution in [3.63, 3.8) is 0 Å². The first-order valence-electron chi connectivity index (χ1n) is 6.97. The minimum atomic E-state index is -0.0806. The zero-order chi connectivity index (χ0) is 13.9. The van der Waals surface area contributed by atoms with Crippen molar-refractivity contribution in [2.75, 3.05) is 0 Å². The molecule has 0 radical (unpaired) electrons. The minimum Gasteiger partial charge on any atom is -0.348 e. The number of nitrogens with zero attached hydrogens (tertiary/aromatic N) is 1. The molecule has 0 saturated heterocycles. The van der Waals surface area contributed by atoms with Crippen LogP contribution in [0.1, 0.15) is 29.6 Å². The third-order valence-corrected chi connectivity index (χ3v) is 4.01. The van der Waals surface area contributed by atoms with Gasteiger partial charge in [-0.1, -0.05) is 30.3 Å². The summed E-state index contributed by atoms with van der Waals surface area (Å²) in [6.07, 6.45) is 2.80. The Labute approximate surface area is 118 Å². The normalized spacial score (nSPS) is 21.6. The number of rotatable bonds is 2. The van der Waals surface area contributed by atoms with Crippen LogP contribution >= 0.6 is 0 Å². The van der Waals surface area contributed by atoms with Gasteiger partial charge in [0.1, 0.15) is 0 Å². The molecule has 1 N–H and O–H groups in total. The summed E-state index contributed by atoms with van der Waals surface area (Å²) in [5.74, 6) is -0.123. The monoisotopic (exact) mass is 264 g/mol. The Morgan fingerprint density at radius 2 is 1.95 bits per heavy atom. The van der Waals surface area contributed by atoms with Crippen molar-refractivity contribution < 1.29 is 4.79 Å². The van der Waals surface area contributed by atoms with Crippen LogP contribution in [0.25, 0.3) is 10.8 Å². The number of carbonyl (C=O) groups is 1. The maximum absolute atomic E-state index is 12.3. The molecule has 2 aromatic carbocycles. The van der Waals surface area contributed by atoms with E-state index in [1.807, 2.05) is 42.5 Å². The first-order valence-corrected chi connectivity index (χ1v) is 6.97. The van der Waals surface area contributed by atoms with Gasteiger partial charge in [0.15, 0.2) is 0 Å². The highest BCUT2D eigenvalue weighted by atomic mass is 16.1. The van der Waals surface area contributed by atoms with Crippen LogP contribution < -0.4 is 5.32 Å². The van der Waals surface area contributed by atoms with Crippen LogP contribution in [0.5, 0.6) is 0 Å². The molecule has 1 saturated carbocycles. The molecule has 2 unspecified atom stereocenters. The summed E-state index contributed by atoms with van der Waals surface area (Å²) in [6.45, 7) is 0. The molecular weight excluding hydrogens is 248 g/mol. The highest BCUT2D eigenvalue weighted by Gasteiger charge is 2.28. The van der Waals surface area contributed by atoms with Crippen LogP contribution in [0.15, 0.2) is 42.5 Å². The van der Waals surface area contributed by atoms with Crippen molar-refractivity contribution in [2.45, 2.75) is 25.3 Å². The van der Waals surface area contributed by atoms with Crippen molar-refractivity contribution in [3.8, 4) is 6.07 Å². The SMILES string of the molecule is N#CC1CCCC1NC(=O)c1ccc2ccccc2c1. The molecule has 3 heteroatoms. The number of hydrogen-bond acceptors (Lipinski definition) is 2. The number of amides is 1. The van der Waals surface area contributed by atoms with Crippen molar-refractivity contribution >= 4 is 16.7 Å². The predicted molar refractivity (Wildman–Crippen MR) is 78.2 cm³/mol. The Balaban J connectivity index is 1.80. The van der Waals surface area contributed by atoms with Crippen LogP contribution in [-0.2, 0) is 0 Å². The quantitative estimate of drug-likeness (QED) is 0.905. The second-order valence-corrected chi connectivity index (χ2v) is 5.31. The molecule has 1 fully saturated rings. The van der Waals surface area contributed by atoms with Gasteiger partial charge in [-0.3, -0.25) is 4.79 Å². The molecule has 0 bridgehead atoms. The fourth-order valence-electron chi connectivity index (χ4n) is 2.87. The maximum Gasteiger partial charge on any atom is 0.251 e. The molecule has 2 atom stereocenters. The van der Waals surface area contributed by atoms with Gasteiger partial charge in [-0.05, 0) is 42.2 Å². The minimum absolute atomic E-state index is 0.000953. The fourth-order valence-corrected chi connectivity index (χ4v) is 2.87. The van der Waals surface area contributed by atoms with Gasteiger partial charge in [-0.25, -0.2) is 0 Å². The lowest BCUT2D eigenvalue weighted by atomic mass is 10.0. The van der Waals surface area contributed by atoms with E-state index in [-0.39, 0.29) is 17.9 Å². The summed E-state index contributed by atoms with van der Waals surface area (Å²) in [5, 5.41) is 14.2. The molecule has 2 aromatic rings. The molecule has 0 spiro atoms. The first kappa shape index (κ1) is 12.7. The summed E-state index contributed by atoms with van der Waals surface area (Å²) in [5.41, 5.74) is 0.660. The predicted octanol–water partition coefficient (Wildman–Crippen LogP) is 3.26. The van der Waals surface area contributed by atoms with Crippen LogP contribution in [0.3, 0.4) is 0 Å². The zero-order valence-electron chi connectivity index (χ0n) is 11.2. The van der Waals surface area contributed by atoms with E-state index in [2.05, 4.69) is 11.4 Å². The largest absolute Gasteiger partial charge is 0.348 e. The summed E-state index contributed by atoms with van der Waals surface area (Å²) in [4.78, 5) is 12.3. The number of carbonyl (C=O) groups excluding carboxylic acids is 1. The lowest BCUT2D eigenvalue weighted by Crippen LogP contribution is -2.36. The molecule has 0 aliphatic heterocycles. The van der Waals surface area contributed by atoms with Crippen molar-refractivity contribution in [3.05, 3.63) is 48.0 Å². The van der Waals surface area contributed by atoms with Crippen LogP contribution in [-0.4, -0.2) is 11.9 Å². The molecule has 3 rings (SSSR count). The molecule has 1 amide bonds. The average molecular weight is 264 g/mol. The van der Waals surface area contributed by atoms with Gasteiger partial charge in [-0.2, -0.15) is 5.26 Å². The summed E-state index contributed by atoms with van der Waals surface area (Å²) in [6, 6.07) is 16.0. The van der Waals surface area contributed by atoms with Gasteiger partial charge in [0.25, 0.3) is 5.91 Å². The van der Waals surface area contributed by atoms with Crippen LogP contribution in [0, 0.1) is 17.2 Å². The van der Waals surface area contributed by atoms with Crippen LogP contribution in [0.2, 0.25) is 0 Å². The smallest absolute Gasteiger partial charge is 0.251 e. The Kier molecular flexibility index (Phi) is 3.39. The number of nitriles is 1. The maximum atomic E-state index is 12.3. The van der Waals surface area contributed by atoms with E-state index in [0.29, 0.717) is 5.56 Å². The van der Waals surface area contributed by atoms with Gasteiger partial charge >= 0.3 is 0 Å². The Bertz CT molecular complexity index is 687. The highest BCUT2D eigenvalue weighted by molar-refractivity contribution is 5.98. The van der Waals surface area contributed by atoms with Gasteiger partial charge < -0.3 is 5.32 Å². The summed E-state index contributed by atoms with van der Waals surface area (Å²) in [7, 11) is 0. The standard InChI is InChI=1S/C17H16N2O/c18-11-15-6-3-7-16(15)19-17(20)14-9-8-12-4-1-2-5-13(12)10-14/h1-2,4-5,8-10,15-16H,3,6-7H2,(H,19,20). The molecule has 0 aromatic heterocycles. The van der Waals surface area contributed by atoms with E-state index >= 15 is 0 Å². The summed E-state index contributed by atoms with van der Waals surface area (Å²) >= 11 is 0. The van der Waals surface area contributed by atoms with Crippen molar-refractivity contribution in [2.24, 2.45) is 5.92 Å². The molecule has 3 nitrogen and oxygen atoms in total. The highest BCUT2D eigenvalue weighted by Crippen LogP contribution is 2.25. The Hall–Kier alpha value is -2.34. The number of nitrogens with one attached hydrogen (secondary N) is 1. The molecule has 20 heavy (non-hydrogen) atoms. The third kappa shape index (κ3) is 2.37. The van der Waals surface area contributed by atoms with Gasteiger partial charge in [0, 0.05) is 11.6 Å². The van der Waals surface area contributed by atoms with Gasteiger partial charge in [0.05, 0.1) is 12.0 Å². The topological polar surface area (TPSA) is 52.9 Å². The van der Waals surface area contributed by atoms with E-state index in [4.69, 9.17) is 5.26 Å². The Morgan fingerprint density at radius 3 is 2.75 bits per heavy atom. The second-order valence-electron chi connectivity index (χ2n) is 5.31. The van der Waals surface area contributed by atoms with E-state index in [9.17, 15) is 4.79 Å². The molecule has 1 aliphatic rings. The molecule has 1 aliphatic carbocycles. The van der Waals surface area contributed by atoms with E-state index < -0.39 is 0 Å². The van der Waals surface area contributed by atoms with E-state index in [0.717, 1.165) is 30.0 Å². The Morgan fingerprint density at radius 1 is 1.15 bits per heavy atom. The van der Waals surface area contributed by atoms with Crippen LogP contribution in [0.4, 0.5) is 0 Å². The second kappa shape index (κ2) is 5.34.